The molecule has 6 nitrogen and oxygen atoms in total. The maximum atomic E-state index is 13.6. The van der Waals surface area contributed by atoms with Crippen LogP contribution < -0.4 is 15.1 Å². The number of halogens is 1. The van der Waals surface area contributed by atoms with Gasteiger partial charge in [0.1, 0.15) is 11.6 Å². The van der Waals surface area contributed by atoms with Gasteiger partial charge in [-0.3, -0.25) is 4.79 Å². The van der Waals surface area contributed by atoms with E-state index in [9.17, 15) is 9.18 Å². The highest BCUT2D eigenvalue weighted by molar-refractivity contribution is 5.87. The first-order valence-electron chi connectivity index (χ1n) is 10.9. The molecule has 31 heavy (non-hydrogen) atoms. The summed E-state index contributed by atoms with van der Waals surface area (Å²) in [4.78, 5) is 22.7. The lowest BCUT2D eigenvalue weighted by Crippen LogP contribution is -2.42. The van der Waals surface area contributed by atoms with Crippen LogP contribution in [0.4, 0.5) is 21.6 Å². The van der Waals surface area contributed by atoms with E-state index in [1.54, 1.807) is 12.1 Å². The van der Waals surface area contributed by atoms with Gasteiger partial charge >= 0.3 is 0 Å². The van der Waals surface area contributed by atoms with Gasteiger partial charge in [0.25, 0.3) is 0 Å². The van der Waals surface area contributed by atoms with Gasteiger partial charge in [0.15, 0.2) is 0 Å². The normalized spacial score (nSPS) is 21.1. The Bertz CT molecular complexity index is 936. The van der Waals surface area contributed by atoms with Crippen molar-refractivity contribution in [3.8, 4) is 0 Å². The molecule has 0 saturated carbocycles. The lowest BCUT2D eigenvalue weighted by molar-refractivity contribution is -0.125. The highest BCUT2D eigenvalue weighted by Gasteiger charge is 2.28. The van der Waals surface area contributed by atoms with Crippen molar-refractivity contribution in [3.63, 3.8) is 0 Å². The van der Waals surface area contributed by atoms with Crippen molar-refractivity contribution in [2.75, 3.05) is 48.3 Å². The van der Waals surface area contributed by atoms with Gasteiger partial charge in [-0.05, 0) is 49.6 Å². The fourth-order valence-electron chi connectivity index (χ4n) is 4.53. The van der Waals surface area contributed by atoms with Crippen LogP contribution in [0.1, 0.15) is 19.3 Å². The Morgan fingerprint density at radius 1 is 1.26 bits per heavy atom. The van der Waals surface area contributed by atoms with Crippen LogP contribution in [-0.4, -0.2) is 61.1 Å². The Hall–Kier alpha value is -3.09. The lowest BCUT2D eigenvalue weighted by Gasteiger charge is -2.35. The molecule has 7 heteroatoms. The molecule has 1 amide bonds. The van der Waals surface area contributed by atoms with E-state index in [1.165, 1.54) is 12.1 Å². The first-order valence-corrected chi connectivity index (χ1v) is 10.9. The van der Waals surface area contributed by atoms with E-state index in [2.05, 4.69) is 39.8 Å². The maximum Gasteiger partial charge on any atom is 0.246 e. The van der Waals surface area contributed by atoms with Gasteiger partial charge in [-0.15, -0.1) is 0 Å². The first-order chi connectivity index (χ1) is 15.0. The first kappa shape index (κ1) is 21.2. The Morgan fingerprint density at radius 2 is 2.13 bits per heavy atom. The topological polar surface area (TPSA) is 51.7 Å². The summed E-state index contributed by atoms with van der Waals surface area (Å²) >= 11 is 0. The number of piperidine rings is 1. The summed E-state index contributed by atoms with van der Waals surface area (Å²) in [5.41, 5.74) is 2.00. The molecule has 0 radical (unpaired) electrons. The number of aromatic nitrogens is 1. The number of nitrogens with zero attached hydrogens (tertiary/aromatic N) is 4. The summed E-state index contributed by atoms with van der Waals surface area (Å²) in [5, 5.41) is 3.57. The van der Waals surface area contributed by atoms with Crippen LogP contribution >= 0.6 is 0 Å². The van der Waals surface area contributed by atoms with Gasteiger partial charge < -0.3 is 20.0 Å². The summed E-state index contributed by atoms with van der Waals surface area (Å²) in [5.74, 6) is 0.630. The summed E-state index contributed by atoms with van der Waals surface area (Å²) in [6.45, 7) is 6.79. The molecule has 164 valence electrons. The van der Waals surface area contributed by atoms with Crippen molar-refractivity contribution >= 4 is 23.1 Å². The third kappa shape index (κ3) is 4.98. The molecule has 0 spiro atoms. The van der Waals surface area contributed by atoms with E-state index < -0.39 is 0 Å². The quantitative estimate of drug-likeness (QED) is 0.721. The number of likely N-dealkylation sites (tertiary alicyclic amines) is 1. The standard InChI is InChI=1S/C24H30FN5O/c1-3-24(31)30-13-10-22(17-30)28(2)20-9-11-26-23(15-20)27-19-7-5-12-29(16-19)21-8-4-6-18(25)14-21/h3-4,6,8-9,11,14-15,19,22H,1,5,7,10,12-13,16-17H2,2H3,(H,26,27)/t19-,22?/m1/s1. The van der Waals surface area contributed by atoms with E-state index in [-0.39, 0.29) is 23.8 Å². The van der Waals surface area contributed by atoms with E-state index in [0.717, 1.165) is 56.1 Å². The molecular formula is C24H30FN5O. The molecular weight excluding hydrogens is 393 g/mol. The molecule has 0 bridgehead atoms. The summed E-state index contributed by atoms with van der Waals surface area (Å²) < 4.78 is 13.6. The second-order valence-electron chi connectivity index (χ2n) is 8.35. The molecule has 0 aliphatic carbocycles. The van der Waals surface area contributed by atoms with Crippen LogP contribution in [0.3, 0.4) is 0 Å². The fourth-order valence-corrected chi connectivity index (χ4v) is 4.53. The fraction of sp³-hybridized carbons (Fsp3) is 0.417. The SMILES string of the molecule is C=CC(=O)N1CCC(N(C)c2ccnc(N[C@@H]3CCCN(c4cccc(F)c4)C3)c2)C1. The van der Waals surface area contributed by atoms with Crippen molar-refractivity contribution in [3.05, 3.63) is 61.1 Å². The summed E-state index contributed by atoms with van der Waals surface area (Å²) in [6, 6.07) is 11.4. The number of hydrogen-bond donors (Lipinski definition) is 1. The van der Waals surface area contributed by atoms with Crippen LogP contribution in [-0.2, 0) is 4.79 Å². The van der Waals surface area contributed by atoms with Crippen molar-refractivity contribution in [2.24, 2.45) is 0 Å². The number of carbonyl (C=O) groups is 1. The average molecular weight is 424 g/mol. The minimum absolute atomic E-state index is 0.00636. The number of nitrogens with one attached hydrogen (secondary N) is 1. The summed E-state index contributed by atoms with van der Waals surface area (Å²) in [7, 11) is 2.07. The minimum Gasteiger partial charge on any atom is -0.370 e. The zero-order valence-corrected chi connectivity index (χ0v) is 18.0. The van der Waals surface area contributed by atoms with Crippen molar-refractivity contribution in [1.82, 2.24) is 9.88 Å². The van der Waals surface area contributed by atoms with Crippen LogP contribution in [0.5, 0.6) is 0 Å². The molecule has 2 aliphatic heterocycles. The monoisotopic (exact) mass is 423 g/mol. The van der Waals surface area contributed by atoms with Gasteiger partial charge in [-0.25, -0.2) is 9.37 Å². The summed E-state index contributed by atoms with van der Waals surface area (Å²) in [6.07, 6.45) is 6.24. The maximum absolute atomic E-state index is 13.6. The van der Waals surface area contributed by atoms with E-state index >= 15 is 0 Å². The molecule has 1 aromatic carbocycles. The third-order valence-electron chi connectivity index (χ3n) is 6.29. The molecule has 3 heterocycles. The number of likely N-dealkylation sites (N-methyl/N-ethyl adjacent to an activating group) is 1. The molecule has 2 aliphatic rings. The van der Waals surface area contributed by atoms with Crippen molar-refractivity contribution in [1.29, 1.82) is 0 Å². The Balaban J connectivity index is 1.39. The van der Waals surface area contributed by atoms with Crippen LogP contribution in [0.2, 0.25) is 0 Å². The molecule has 2 fully saturated rings. The van der Waals surface area contributed by atoms with Crippen LogP contribution in [0, 0.1) is 5.82 Å². The Labute approximate surface area is 183 Å². The molecule has 4 rings (SSSR count). The number of amides is 1. The average Bonchev–Trinajstić information content (AvgIpc) is 3.29. The molecule has 1 unspecified atom stereocenters. The molecule has 2 saturated heterocycles. The van der Waals surface area contributed by atoms with Gasteiger partial charge in [0.2, 0.25) is 5.91 Å². The van der Waals surface area contributed by atoms with Crippen LogP contribution in [0.15, 0.2) is 55.3 Å². The van der Waals surface area contributed by atoms with Crippen molar-refractivity contribution < 1.29 is 9.18 Å². The highest BCUT2D eigenvalue weighted by Crippen LogP contribution is 2.26. The molecule has 2 atom stereocenters. The molecule has 1 N–H and O–H groups in total. The van der Waals surface area contributed by atoms with Crippen LogP contribution in [0.25, 0.3) is 0 Å². The third-order valence-corrected chi connectivity index (χ3v) is 6.29. The number of carbonyl (C=O) groups excluding carboxylic acids is 1. The molecule has 1 aromatic heterocycles. The minimum atomic E-state index is -0.203. The number of rotatable bonds is 6. The predicted molar refractivity (Wildman–Crippen MR) is 123 cm³/mol. The van der Waals surface area contributed by atoms with Crippen molar-refractivity contribution in [2.45, 2.75) is 31.3 Å². The predicted octanol–water partition coefficient (Wildman–Crippen LogP) is 3.52. The Morgan fingerprint density at radius 3 is 2.94 bits per heavy atom. The van der Waals surface area contributed by atoms with Gasteiger partial charge in [-0.2, -0.15) is 0 Å². The van der Waals surface area contributed by atoms with Gasteiger partial charge in [0, 0.05) is 68.9 Å². The smallest absolute Gasteiger partial charge is 0.246 e. The van der Waals surface area contributed by atoms with Gasteiger partial charge in [0.05, 0.1) is 0 Å². The van der Waals surface area contributed by atoms with E-state index in [4.69, 9.17) is 0 Å². The lowest BCUT2D eigenvalue weighted by atomic mass is 10.0. The van der Waals surface area contributed by atoms with E-state index in [1.807, 2.05) is 23.2 Å². The number of benzene rings is 1. The van der Waals surface area contributed by atoms with E-state index in [0.29, 0.717) is 6.54 Å². The number of pyridine rings is 1. The molecule has 2 aromatic rings. The largest absolute Gasteiger partial charge is 0.370 e. The number of hydrogen-bond acceptors (Lipinski definition) is 5. The highest BCUT2D eigenvalue weighted by atomic mass is 19.1. The van der Waals surface area contributed by atoms with Gasteiger partial charge in [-0.1, -0.05) is 12.6 Å². The Kier molecular flexibility index (Phi) is 6.39. The second-order valence-corrected chi connectivity index (χ2v) is 8.35. The zero-order chi connectivity index (χ0) is 21.8. The second kappa shape index (κ2) is 9.37. The number of anilines is 3. The zero-order valence-electron chi connectivity index (χ0n) is 18.0.